The molecule has 0 fully saturated rings. The molecule has 0 amide bonds. The summed E-state index contributed by atoms with van der Waals surface area (Å²) in [5.41, 5.74) is 2.54. The van der Waals surface area contributed by atoms with Gasteiger partial charge in [0.25, 0.3) is 0 Å². The molecule has 18 heavy (non-hydrogen) atoms. The number of hydrogen-bond acceptors (Lipinski definition) is 1. The number of rotatable bonds is 4. The molecule has 0 aliphatic rings. The summed E-state index contributed by atoms with van der Waals surface area (Å²) in [4.78, 5) is 0. The van der Waals surface area contributed by atoms with Crippen molar-refractivity contribution in [3.63, 3.8) is 0 Å². The van der Waals surface area contributed by atoms with E-state index in [2.05, 4.69) is 89.5 Å². The van der Waals surface area contributed by atoms with Crippen molar-refractivity contribution in [1.29, 1.82) is 0 Å². The minimum absolute atomic E-state index is 0.860. The van der Waals surface area contributed by atoms with Crippen LogP contribution in [0.2, 0.25) is 0 Å². The number of hydrogen-bond donors (Lipinski definition) is 1. The van der Waals surface area contributed by atoms with Crippen LogP contribution in [0.1, 0.15) is 11.1 Å². The Labute approximate surface area is 132 Å². The van der Waals surface area contributed by atoms with E-state index in [9.17, 15) is 0 Å². The highest BCUT2D eigenvalue weighted by Gasteiger charge is 1.99. The third-order valence-electron chi connectivity index (χ3n) is 2.53. The molecule has 2 aromatic rings. The van der Waals surface area contributed by atoms with Crippen LogP contribution in [-0.2, 0) is 13.1 Å². The summed E-state index contributed by atoms with van der Waals surface area (Å²) >= 11 is 10.5. The number of nitrogens with one attached hydrogen (secondary N) is 1. The average Bonchev–Trinajstić information content (AvgIpc) is 2.34. The quantitative estimate of drug-likeness (QED) is 0.693. The maximum atomic E-state index is 3.51. The Hall–Kier alpha value is -0.160. The molecule has 0 bridgehead atoms. The lowest BCUT2D eigenvalue weighted by Crippen LogP contribution is -2.12. The van der Waals surface area contributed by atoms with Gasteiger partial charge in [-0.25, -0.2) is 0 Å². The molecule has 0 heterocycles. The van der Waals surface area contributed by atoms with E-state index in [4.69, 9.17) is 0 Å². The second kappa shape index (κ2) is 6.85. The van der Waals surface area contributed by atoms with E-state index < -0.39 is 0 Å². The second-order valence-electron chi connectivity index (χ2n) is 3.98. The zero-order valence-corrected chi connectivity index (χ0v) is 14.3. The van der Waals surface area contributed by atoms with Crippen molar-refractivity contribution in [3.8, 4) is 0 Å². The molecule has 2 rings (SSSR count). The Morgan fingerprint density at radius 3 is 2.17 bits per heavy atom. The molecule has 94 valence electrons. The molecular formula is C14H12Br3N. The van der Waals surface area contributed by atoms with E-state index in [0.29, 0.717) is 0 Å². The van der Waals surface area contributed by atoms with Crippen molar-refractivity contribution in [1.82, 2.24) is 5.32 Å². The average molecular weight is 434 g/mol. The van der Waals surface area contributed by atoms with Crippen LogP contribution in [0, 0.1) is 0 Å². The lowest BCUT2D eigenvalue weighted by atomic mass is 10.2. The Balaban J connectivity index is 1.90. The highest BCUT2D eigenvalue weighted by molar-refractivity contribution is 9.13. The summed E-state index contributed by atoms with van der Waals surface area (Å²) in [5.74, 6) is 0. The minimum Gasteiger partial charge on any atom is -0.309 e. The molecule has 0 aromatic heterocycles. The van der Waals surface area contributed by atoms with Crippen molar-refractivity contribution in [2.45, 2.75) is 13.1 Å². The predicted octanol–water partition coefficient (Wildman–Crippen LogP) is 5.26. The topological polar surface area (TPSA) is 12.0 Å². The van der Waals surface area contributed by atoms with E-state index >= 15 is 0 Å². The first-order chi connectivity index (χ1) is 8.65. The third kappa shape index (κ3) is 4.19. The summed E-state index contributed by atoms with van der Waals surface area (Å²) in [6.45, 7) is 1.73. The van der Waals surface area contributed by atoms with Crippen LogP contribution < -0.4 is 5.32 Å². The van der Waals surface area contributed by atoms with Gasteiger partial charge in [-0.2, -0.15) is 0 Å². The minimum atomic E-state index is 0.860. The fourth-order valence-electron chi connectivity index (χ4n) is 1.65. The van der Waals surface area contributed by atoms with Crippen molar-refractivity contribution in [2.75, 3.05) is 0 Å². The number of benzene rings is 2. The lowest BCUT2D eigenvalue weighted by Gasteiger charge is -2.07. The van der Waals surface area contributed by atoms with E-state index in [1.807, 2.05) is 6.07 Å². The van der Waals surface area contributed by atoms with Gasteiger partial charge < -0.3 is 5.32 Å². The van der Waals surface area contributed by atoms with Crippen LogP contribution in [0.15, 0.2) is 55.9 Å². The molecule has 0 spiro atoms. The predicted molar refractivity (Wildman–Crippen MR) is 86.5 cm³/mol. The summed E-state index contributed by atoms with van der Waals surface area (Å²) in [5, 5.41) is 3.43. The first kappa shape index (κ1) is 14.3. The van der Waals surface area contributed by atoms with E-state index in [0.717, 1.165) is 26.5 Å². The molecule has 1 N–H and O–H groups in total. The lowest BCUT2D eigenvalue weighted by molar-refractivity contribution is 0.693. The normalized spacial score (nSPS) is 10.6. The molecule has 0 atom stereocenters. The van der Waals surface area contributed by atoms with Gasteiger partial charge in [0.15, 0.2) is 0 Å². The SMILES string of the molecule is Brc1cccc(CNCc2ccc(Br)c(Br)c2)c1. The van der Waals surface area contributed by atoms with E-state index in [1.54, 1.807) is 0 Å². The monoisotopic (exact) mass is 431 g/mol. The Morgan fingerprint density at radius 2 is 1.50 bits per heavy atom. The van der Waals surface area contributed by atoms with Crippen LogP contribution in [-0.4, -0.2) is 0 Å². The Morgan fingerprint density at radius 1 is 0.778 bits per heavy atom. The van der Waals surface area contributed by atoms with Gasteiger partial charge in [-0.1, -0.05) is 34.1 Å². The fourth-order valence-corrected chi connectivity index (χ4v) is 2.77. The van der Waals surface area contributed by atoms with E-state index in [1.165, 1.54) is 11.1 Å². The smallest absolute Gasteiger partial charge is 0.0320 e. The molecule has 0 saturated heterocycles. The molecule has 0 aliphatic carbocycles. The molecule has 0 aliphatic heterocycles. The Bertz CT molecular complexity index is 540. The van der Waals surface area contributed by atoms with Gasteiger partial charge in [-0.15, -0.1) is 0 Å². The molecule has 2 aromatic carbocycles. The van der Waals surface area contributed by atoms with Gasteiger partial charge in [0, 0.05) is 26.5 Å². The van der Waals surface area contributed by atoms with Crippen LogP contribution in [0.3, 0.4) is 0 Å². The number of halogens is 3. The molecule has 4 heteroatoms. The largest absolute Gasteiger partial charge is 0.309 e. The summed E-state index contributed by atoms with van der Waals surface area (Å²) in [7, 11) is 0. The highest BCUT2D eigenvalue weighted by Crippen LogP contribution is 2.23. The van der Waals surface area contributed by atoms with Crippen molar-refractivity contribution in [2.24, 2.45) is 0 Å². The Kier molecular flexibility index (Phi) is 5.42. The van der Waals surface area contributed by atoms with Gasteiger partial charge in [0.2, 0.25) is 0 Å². The van der Waals surface area contributed by atoms with Gasteiger partial charge in [-0.05, 0) is 67.3 Å². The molecular weight excluding hydrogens is 422 g/mol. The molecule has 0 saturated carbocycles. The van der Waals surface area contributed by atoms with Crippen LogP contribution in [0.4, 0.5) is 0 Å². The summed E-state index contributed by atoms with van der Waals surface area (Å²) in [6, 6.07) is 14.6. The van der Waals surface area contributed by atoms with Crippen molar-refractivity contribution in [3.05, 3.63) is 67.0 Å². The fraction of sp³-hybridized carbons (Fsp3) is 0.143. The molecule has 0 unspecified atom stereocenters. The van der Waals surface area contributed by atoms with Crippen LogP contribution in [0.25, 0.3) is 0 Å². The summed E-state index contributed by atoms with van der Waals surface area (Å²) in [6.07, 6.45) is 0. The van der Waals surface area contributed by atoms with Gasteiger partial charge in [-0.3, -0.25) is 0 Å². The van der Waals surface area contributed by atoms with Crippen molar-refractivity contribution >= 4 is 47.8 Å². The maximum Gasteiger partial charge on any atom is 0.0320 e. The zero-order chi connectivity index (χ0) is 13.0. The van der Waals surface area contributed by atoms with Gasteiger partial charge in [0.05, 0.1) is 0 Å². The van der Waals surface area contributed by atoms with Crippen LogP contribution >= 0.6 is 47.8 Å². The van der Waals surface area contributed by atoms with Crippen LogP contribution in [0.5, 0.6) is 0 Å². The summed E-state index contributed by atoms with van der Waals surface area (Å²) < 4.78 is 3.29. The van der Waals surface area contributed by atoms with E-state index in [-0.39, 0.29) is 0 Å². The first-order valence-corrected chi connectivity index (χ1v) is 7.92. The second-order valence-corrected chi connectivity index (χ2v) is 6.61. The van der Waals surface area contributed by atoms with Crippen molar-refractivity contribution < 1.29 is 0 Å². The first-order valence-electron chi connectivity index (χ1n) is 5.54. The third-order valence-corrected chi connectivity index (χ3v) is 4.90. The maximum absolute atomic E-state index is 3.51. The zero-order valence-electron chi connectivity index (χ0n) is 9.59. The van der Waals surface area contributed by atoms with Gasteiger partial charge in [0.1, 0.15) is 0 Å². The highest BCUT2D eigenvalue weighted by atomic mass is 79.9. The van der Waals surface area contributed by atoms with Gasteiger partial charge >= 0.3 is 0 Å². The molecule has 1 nitrogen and oxygen atoms in total. The standard InChI is InChI=1S/C14H12Br3N/c15-12-3-1-2-10(6-12)8-18-9-11-4-5-13(16)14(17)7-11/h1-7,18H,8-9H2. The molecule has 0 radical (unpaired) electrons.